The summed E-state index contributed by atoms with van der Waals surface area (Å²) in [6.45, 7) is -0.129. The van der Waals surface area contributed by atoms with Crippen LogP contribution in [0.3, 0.4) is 0 Å². The third-order valence-electron chi connectivity index (χ3n) is 3.92. The van der Waals surface area contributed by atoms with E-state index in [0.29, 0.717) is 5.56 Å². The molecule has 0 aliphatic heterocycles. The van der Waals surface area contributed by atoms with Crippen molar-refractivity contribution in [3.63, 3.8) is 0 Å². The molecule has 9 heteroatoms. The highest BCUT2D eigenvalue weighted by Gasteiger charge is 2.26. The van der Waals surface area contributed by atoms with E-state index < -0.39 is 58.1 Å². The Bertz CT molecular complexity index is 1180. The van der Waals surface area contributed by atoms with E-state index in [9.17, 15) is 9.18 Å². The van der Waals surface area contributed by atoms with E-state index in [4.69, 9.17) is 37.8 Å². The molecule has 5 nitrogen and oxygen atoms in total. The molecule has 0 aliphatic carbocycles. The number of nitrogens with two attached hydrogens (primary N) is 1. The standard InChI is InChI=1S/C20H14Cl2F2N2O3/c1-28-19-12(21)8-7-11(14(19)23)17-15(24)16(25)13(22)18(26-17)20(27)29-9-10-5-3-2-4-6-10/h2-8H,9H2,1H3,(H2,25,26)/i1D3. The van der Waals surface area contributed by atoms with E-state index in [-0.39, 0.29) is 11.6 Å². The Kier molecular flexibility index (Phi) is 5.06. The van der Waals surface area contributed by atoms with Crippen LogP contribution in [0.15, 0.2) is 42.5 Å². The first-order chi connectivity index (χ1) is 15.0. The smallest absolute Gasteiger partial charge is 0.358 e. The topological polar surface area (TPSA) is 74.4 Å². The molecule has 150 valence electrons. The van der Waals surface area contributed by atoms with Gasteiger partial charge in [-0.3, -0.25) is 0 Å². The Morgan fingerprint density at radius 1 is 1.17 bits per heavy atom. The summed E-state index contributed by atoms with van der Waals surface area (Å²) < 4.78 is 61.0. The minimum atomic E-state index is -3.03. The molecule has 29 heavy (non-hydrogen) atoms. The van der Waals surface area contributed by atoms with Crippen molar-refractivity contribution in [1.82, 2.24) is 4.98 Å². The highest BCUT2D eigenvalue weighted by molar-refractivity contribution is 6.36. The fraction of sp³-hybridized carbons (Fsp3) is 0.100. The van der Waals surface area contributed by atoms with Gasteiger partial charge in [-0.25, -0.2) is 18.6 Å². The number of nitrogens with zero attached hydrogens (tertiary/aromatic N) is 1. The van der Waals surface area contributed by atoms with Crippen molar-refractivity contribution in [1.29, 1.82) is 0 Å². The highest BCUT2D eigenvalue weighted by Crippen LogP contribution is 2.38. The van der Waals surface area contributed by atoms with Crippen molar-refractivity contribution in [3.8, 4) is 17.0 Å². The van der Waals surface area contributed by atoms with E-state index in [0.717, 1.165) is 12.1 Å². The van der Waals surface area contributed by atoms with Crippen LogP contribution in [-0.4, -0.2) is 18.0 Å². The Hall–Kier alpha value is -2.90. The van der Waals surface area contributed by atoms with Gasteiger partial charge in [-0.05, 0) is 17.7 Å². The normalized spacial score (nSPS) is 12.6. The summed E-state index contributed by atoms with van der Waals surface area (Å²) in [5, 5.41) is -0.884. The van der Waals surface area contributed by atoms with Crippen LogP contribution in [-0.2, 0) is 11.3 Å². The summed E-state index contributed by atoms with van der Waals surface area (Å²) >= 11 is 11.8. The predicted octanol–water partition coefficient (Wildman–Crippen LogP) is 5.28. The number of anilines is 1. The number of halogens is 4. The van der Waals surface area contributed by atoms with Crippen LogP contribution in [0.5, 0.6) is 5.75 Å². The molecule has 0 saturated heterocycles. The van der Waals surface area contributed by atoms with E-state index >= 15 is 4.39 Å². The summed E-state index contributed by atoms with van der Waals surface area (Å²) in [4.78, 5) is 16.3. The summed E-state index contributed by atoms with van der Waals surface area (Å²) in [6.07, 6.45) is 0. The monoisotopic (exact) mass is 441 g/mol. The maximum atomic E-state index is 15.0. The average Bonchev–Trinajstić information content (AvgIpc) is 2.74. The predicted molar refractivity (Wildman–Crippen MR) is 106 cm³/mol. The fourth-order valence-electron chi connectivity index (χ4n) is 2.48. The van der Waals surface area contributed by atoms with E-state index in [1.54, 1.807) is 30.3 Å². The van der Waals surface area contributed by atoms with Crippen LogP contribution in [0.1, 0.15) is 20.2 Å². The number of nitrogen functional groups attached to an aromatic ring is 1. The number of pyridine rings is 1. The molecule has 3 aromatic rings. The number of ether oxygens (including phenoxy) is 2. The number of aromatic nitrogens is 1. The Morgan fingerprint density at radius 3 is 2.59 bits per heavy atom. The Balaban J connectivity index is 2.04. The van der Waals surface area contributed by atoms with Crippen LogP contribution >= 0.6 is 23.2 Å². The SMILES string of the molecule is [2H]C([2H])([2H])Oc1c(Cl)ccc(-c2nc(C(=O)OCc3ccccc3)c(Cl)c(N)c2F)c1F. The van der Waals surface area contributed by atoms with Crippen LogP contribution < -0.4 is 10.5 Å². The number of hydrogen-bond donors (Lipinski definition) is 1. The zero-order valence-corrected chi connectivity index (χ0v) is 16.0. The number of rotatable bonds is 5. The lowest BCUT2D eigenvalue weighted by Gasteiger charge is -2.13. The second-order valence-electron chi connectivity index (χ2n) is 5.75. The summed E-state index contributed by atoms with van der Waals surface area (Å²) in [7, 11) is -3.03. The zero-order chi connectivity index (χ0) is 23.6. The lowest BCUT2D eigenvalue weighted by molar-refractivity contribution is 0.0466. The van der Waals surface area contributed by atoms with Crippen molar-refractivity contribution >= 4 is 34.9 Å². The first kappa shape index (κ1) is 17.0. The van der Waals surface area contributed by atoms with Crippen molar-refractivity contribution in [2.24, 2.45) is 0 Å². The maximum absolute atomic E-state index is 15.0. The maximum Gasteiger partial charge on any atom is 0.358 e. The largest absolute Gasteiger partial charge is 0.492 e. The van der Waals surface area contributed by atoms with E-state index in [2.05, 4.69) is 9.72 Å². The number of benzene rings is 2. The number of hydrogen-bond acceptors (Lipinski definition) is 5. The molecule has 0 amide bonds. The highest BCUT2D eigenvalue weighted by atomic mass is 35.5. The molecular weight excluding hydrogens is 425 g/mol. The molecule has 0 radical (unpaired) electrons. The van der Waals surface area contributed by atoms with E-state index in [1.807, 2.05) is 0 Å². The zero-order valence-electron chi connectivity index (χ0n) is 17.5. The van der Waals surface area contributed by atoms with Crippen molar-refractivity contribution in [2.45, 2.75) is 6.61 Å². The Labute approximate surface area is 179 Å². The van der Waals surface area contributed by atoms with Gasteiger partial charge in [0.25, 0.3) is 0 Å². The molecule has 2 aromatic carbocycles. The fourth-order valence-corrected chi connectivity index (χ4v) is 2.86. The number of carbonyl (C=O) groups excluding carboxylic acids is 1. The lowest BCUT2D eigenvalue weighted by Crippen LogP contribution is -2.12. The van der Waals surface area contributed by atoms with Crippen LogP contribution in [0.25, 0.3) is 11.3 Å². The summed E-state index contributed by atoms with van der Waals surface area (Å²) in [6, 6.07) is 10.8. The van der Waals surface area contributed by atoms with Crippen LogP contribution in [0.2, 0.25) is 10.0 Å². The van der Waals surface area contributed by atoms with Gasteiger partial charge >= 0.3 is 5.97 Å². The van der Waals surface area contributed by atoms with Crippen LogP contribution in [0.4, 0.5) is 14.5 Å². The van der Waals surface area contributed by atoms with Gasteiger partial charge in [0.2, 0.25) is 0 Å². The molecule has 2 N–H and O–H groups in total. The first-order valence-electron chi connectivity index (χ1n) is 9.52. The van der Waals surface area contributed by atoms with Gasteiger partial charge < -0.3 is 15.2 Å². The molecule has 0 spiro atoms. The molecule has 1 heterocycles. The van der Waals surface area contributed by atoms with Gasteiger partial charge in [0.1, 0.15) is 12.3 Å². The molecule has 1 aromatic heterocycles. The molecule has 0 aliphatic rings. The molecule has 0 fully saturated rings. The Morgan fingerprint density at radius 2 is 1.90 bits per heavy atom. The minimum absolute atomic E-state index is 0.129. The summed E-state index contributed by atoms with van der Waals surface area (Å²) in [5.41, 5.74) is 3.85. The molecule has 0 unspecified atom stereocenters. The first-order valence-corrected chi connectivity index (χ1v) is 8.78. The van der Waals surface area contributed by atoms with Crippen molar-refractivity contribution < 1.29 is 27.2 Å². The third-order valence-corrected chi connectivity index (χ3v) is 4.60. The second kappa shape index (κ2) is 8.63. The number of carbonyl (C=O) groups is 1. The van der Waals surface area contributed by atoms with Gasteiger partial charge in [0, 0.05) is 5.56 Å². The van der Waals surface area contributed by atoms with Crippen molar-refractivity contribution in [3.05, 3.63) is 75.4 Å². The molecule has 0 saturated carbocycles. The van der Waals surface area contributed by atoms with Gasteiger partial charge in [-0.1, -0.05) is 53.5 Å². The van der Waals surface area contributed by atoms with Crippen LogP contribution in [0, 0.1) is 11.6 Å². The number of methoxy groups -OCH3 is 1. The summed E-state index contributed by atoms with van der Waals surface area (Å²) in [5.74, 6) is -4.41. The van der Waals surface area contributed by atoms with Gasteiger partial charge in [-0.15, -0.1) is 0 Å². The second-order valence-corrected chi connectivity index (χ2v) is 6.54. The lowest BCUT2D eigenvalue weighted by atomic mass is 10.1. The van der Waals surface area contributed by atoms with Gasteiger partial charge in [-0.2, -0.15) is 0 Å². The van der Waals surface area contributed by atoms with Gasteiger partial charge in [0.05, 0.1) is 26.9 Å². The number of esters is 1. The average molecular weight is 442 g/mol. The molecule has 3 rings (SSSR count). The molecular formula is C20H14Cl2F2N2O3. The minimum Gasteiger partial charge on any atom is -0.492 e. The molecule has 0 atom stereocenters. The molecule has 0 bridgehead atoms. The van der Waals surface area contributed by atoms with Crippen molar-refractivity contribution in [2.75, 3.05) is 12.8 Å². The van der Waals surface area contributed by atoms with E-state index in [1.165, 1.54) is 0 Å². The van der Waals surface area contributed by atoms with Gasteiger partial charge in [0.15, 0.2) is 23.1 Å². The third kappa shape index (κ3) is 4.11. The quantitative estimate of drug-likeness (QED) is 0.545.